The molecule has 0 saturated carbocycles. The Kier molecular flexibility index (Phi) is 3.99. The molecule has 1 rings (SSSR count). The molecule has 0 fully saturated rings. The number of rotatable bonds is 3. The molecule has 0 aromatic heterocycles. The minimum absolute atomic E-state index is 0.0550. The van der Waals surface area contributed by atoms with Crippen molar-refractivity contribution in [2.75, 3.05) is 12.3 Å². The van der Waals surface area contributed by atoms with Crippen molar-refractivity contribution in [1.82, 2.24) is 0 Å². The SMILES string of the molecule is CCOC(=O)/C=C/c1c(N)ccc(F)c1F. The van der Waals surface area contributed by atoms with Gasteiger partial charge in [-0.05, 0) is 25.1 Å². The molecule has 0 spiro atoms. The van der Waals surface area contributed by atoms with Gasteiger partial charge in [0.25, 0.3) is 0 Å². The second kappa shape index (κ2) is 5.25. The topological polar surface area (TPSA) is 52.3 Å². The van der Waals surface area contributed by atoms with Crippen molar-refractivity contribution in [3.63, 3.8) is 0 Å². The van der Waals surface area contributed by atoms with Gasteiger partial charge in [0.1, 0.15) is 0 Å². The molecule has 2 N–H and O–H groups in total. The number of nitrogen functional groups attached to an aromatic ring is 1. The van der Waals surface area contributed by atoms with Gasteiger partial charge in [-0.1, -0.05) is 0 Å². The van der Waals surface area contributed by atoms with Gasteiger partial charge in [0, 0.05) is 17.3 Å². The predicted molar refractivity (Wildman–Crippen MR) is 56.4 cm³/mol. The lowest BCUT2D eigenvalue weighted by atomic mass is 10.1. The number of anilines is 1. The first-order valence-electron chi connectivity index (χ1n) is 4.64. The number of hydrogen-bond donors (Lipinski definition) is 1. The highest BCUT2D eigenvalue weighted by atomic mass is 19.2. The van der Waals surface area contributed by atoms with Crippen molar-refractivity contribution in [1.29, 1.82) is 0 Å². The van der Waals surface area contributed by atoms with Crippen LogP contribution in [0.15, 0.2) is 18.2 Å². The van der Waals surface area contributed by atoms with Gasteiger partial charge in [-0.15, -0.1) is 0 Å². The first kappa shape index (κ1) is 12.2. The molecule has 0 bridgehead atoms. The molecule has 0 aliphatic carbocycles. The Hall–Kier alpha value is -1.91. The average molecular weight is 227 g/mol. The fourth-order valence-electron chi connectivity index (χ4n) is 1.09. The van der Waals surface area contributed by atoms with Gasteiger partial charge in [-0.2, -0.15) is 0 Å². The fraction of sp³-hybridized carbons (Fsp3) is 0.182. The van der Waals surface area contributed by atoms with Crippen molar-refractivity contribution in [3.05, 3.63) is 35.4 Å². The summed E-state index contributed by atoms with van der Waals surface area (Å²) in [5, 5.41) is 0. The molecule has 3 nitrogen and oxygen atoms in total. The van der Waals surface area contributed by atoms with Crippen molar-refractivity contribution < 1.29 is 18.3 Å². The van der Waals surface area contributed by atoms with Crippen LogP contribution < -0.4 is 5.73 Å². The predicted octanol–water partition coefficient (Wildman–Crippen LogP) is 2.12. The van der Waals surface area contributed by atoms with Crippen LogP contribution in [0.3, 0.4) is 0 Å². The van der Waals surface area contributed by atoms with E-state index in [2.05, 4.69) is 4.74 Å². The van der Waals surface area contributed by atoms with E-state index in [0.29, 0.717) is 0 Å². The summed E-state index contributed by atoms with van der Waals surface area (Å²) < 4.78 is 30.7. The van der Waals surface area contributed by atoms with E-state index in [0.717, 1.165) is 18.2 Å². The normalized spacial score (nSPS) is 10.7. The van der Waals surface area contributed by atoms with Gasteiger partial charge in [-0.3, -0.25) is 0 Å². The molecule has 1 aromatic rings. The van der Waals surface area contributed by atoms with E-state index in [4.69, 9.17) is 5.73 Å². The van der Waals surface area contributed by atoms with Crippen LogP contribution in [-0.2, 0) is 9.53 Å². The zero-order valence-corrected chi connectivity index (χ0v) is 8.67. The fourth-order valence-corrected chi connectivity index (χ4v) is 1.09. The van der Waals surface area contributed by atoms with Gasteiger partial charge in [0.05, 0.1) is 6.61 Å². The van der Waals surface area contributed by atoms with Crippen LogP contribution in [0.1, 0.15) is 12.5 Å². The van der Waals surface area contributed by atoms with Crippen LogP contribution in [-0.4, -0.2) is 12.6 Å². The minimum atomic E-state index is -1.08. The summed E-state index contributed by atoms with van der Waals surface area (Å²) in [6, 6.07) is 2.15. The highest BCUT2D eigenvalue weighted by Crippen LogP contribution is 2.20. The Morgan fingerprint density at radius 2 is 2.19 bits per heavy atom. The number of carbonyl (C=O) groups is 1. The van der Waals surface area contributed by atoms with Gasteiger partial charge in [0.2, 0.25) is 0 Å². The molecular formula is C11H11F2NO2. The van der Waals surface area contributed by atoms with E-state index in [1.54, 1.807) is 6.92 Å². The highest BCUT2D eigenvalue weighted by Gasteiger charge is 2.09. The van der Waals surface area contributed by atoms with E-state index < -0.39 is 17.6 Å². The third-order valence-electron chi connectivity index (χ3n) is 1.84. The average Bonchev–Trinajstić information content (AvgIpc) is 2.24. The molecule has 5 heteroatoms. The van der Waals surface area contributed by atoms with Crippen LogP contribution in [0.5, 0.6) is 0 Å². The molecule has 0 aliphatic heterocycles. The van der Waals surface area contributed by atoms with Gasteiger partial charge in [-0.25, -0.2) is 13.6 Å². The number of ether oxygens (including phenoxy) is 1. The Balaban J connectivity index is 2.97. The molecule has 0 saturated heterocycles. The van der Waals surface area contributed by atoms with Crippen molar-refractivity contribution in [2.24, 2.45) is 0 Å². The Morgan fingerprint density at radius 3 is 2.81 bits per heavy atom. The molecule has 1 aromatic carbocycles. The Labute approximate surface area is 91.5 Å². The first-order valence-corrected chi connectivity index (χ1v) is 4.64. The third kappa shape index (κ3) is 2.79. The quantitative estimate of drug-likeness (QED) is 0.489. The summed E-state index contributed by atoms with van der Waals surface area (Å²) >= 11 is 0. The lowest BCUT2D eigenvalue weighted by Gasteiger charge is -2.02. The molecule has 0 radical (unpaired) electrons. The van der Waals surface area contributed by atoms with E-state index in [1.165, 1.54) is 6.07 Å². The molecular weight excluding hydrogens is 216 g/mol. The lowest BCUT2D eigenvalue weighted by molar-refractivity contribution is -0.137. The van der Waals surface area contributed by atoms with Gasteiger partial charge < -0.3 is 10.5 Å². The van der Waals surface area contributed by atoms with Crippen molar-refractivity contribution in [3.8, 4) is 0 Å². The van der Waals surface area contributed by atoms with Crippen molar-refractivity contribution in [2.45, 2.75) is 6.92 Å². The number of nitrogens with two attached hydrogens (primary N) is 1. The van der Waals surface area contributed by atoms with E-state index in [1.807, 2.05) is 0 Å². The van der Waals surface area contributed by atoms with E-state index in [-0.39, 0.29) is 17.9 Å². The maximum absolute atomic E-state index is 13.2. The molecule has 0 aliphatic rings. The standard InChI is InChI=1S/C11H11F2NO2/c1-2-16-10(15)6-3-7-9(14)5-4-8(12)11(7)13/h3-6H,2,14H2,1H3/b6-3+. The summed E-state index contributed by atoms with van der Waals surface area (Å²) in [5.74, 6) is -2.73. The van der Waals surface area contributed by atoms with E-state index in [9.17, 15) is 13.6 Å². The number of halogens is 2. The molecule has 0 amide bonds. The lowest BCUT2D eigenvalue weighted by Crippen LogP contribution is -2.00. The summed E-state index contributed by atoms with van der Waals surface area (Å²) in [6.45, 7) is 1.85. The third-order valence-corrected chi connectivity index (χ3v) is 1.84. The van der Waals surface area contributed by atoms with Crippen molar-refractivity contribution >= 4 is 17.7 Å². The summed E-state index contributed by atoms with van der Waals surface area (Å²) in [7, 11) is 0. The van der Waals surface area contributed by atoms with Gasteiger partial charge in [0.15, 0.2) is 11.6 Å². The zero-order valence-electron chi connectivity index (χ0n) is 8.67. The van der Waals surface area contributed by atoms with Crippen LogP contribution in [0.4, 0.5) is 14.5 Å². The molecule has 16 heavy (non-hydrogen) atoms. The number of carbonyl (C=O) groups excluding carboxylic acids is 1. The number of esters is 1. The largest absolute Gasteiger partial charge is 0.463 e. The van der Waals surface area contributed by atoms with Crippen LogP contribution in [0.2, 0.25) is 0 Å². The smallest absolute Gasteiger partial charge is 0.330 e. The monoisotopic (exact) mass is 227 g/mol. The zero-order chi connectivity index (χ0) is 12.1. The van der Waals surface area contributed by atoms with E-state index >= 15 is 0 Å². The molecule has 0 heterocycles. The summed E-state index contributed by atoms with van der Waals surface area (Å²) in [5.41, 5.74) is 5.34. The second-order valence-electron chi connectivity index (χ2n) is 2.95. The summed E-state index contributed by atoms with van der Waals surface area (Å²) in [6.07, 6.45) is 2.09. The Morgan fingerprint density at radius 1 is 1.50 bits per heavy atom. The first-order chi connectivity index (χ1) is 7.56. The van der Waals surface area contributed by atoms with Crippen LogP contribution >= 0.6 is 0 Å². The minimum Gasteiger partial charge on any atom is -0.463 e. The second-order valence-corrected chi connectivity index (χ2v) is 2.95. The maximum Gasteiger partial charge on any atom is 0.330 e. The maximum atomic E-state index is 13.2. The number of hydrogen-bond acceptors (Lipinski definition) is 3. The highest BCUT2D eigenvalue weighted by molar-refractivity contribution is 5.88. The molecule has 0 unspecified atom stereocenters. The number of benzene rings is 1. The summed E-state index contributed by atoms with van der Waals surface area (Å²) in [4.78, 5) is 11.0. The van der Waals surface area contributed by atoms with Crippen LogP contribution in [0, 0.1) is 11.6 Å². The van der Waals surface area contributed by atoms with Crippen LogP contribution in [0.25, 0.3) is 6.08 Å². The molecule has 86 valence electrons. The van der Waals surface area contributed by atoms with Gasteiger partial charge >= 0.3 is 5.97 Å². The molecule has 0 atom stereocenters. The Bertz CT molecular complexity index is 430.